The maximum Gasteiger partial charge on any atom is 0.303 e. The van der Waals surface area contributed by atoms with Crippen LogP contribution in [-0.4, -0.2) is 22.2 Å². The van der Waals surface area contributed by atoms with E-state index >= 15 is 0 Å². The summed E-state index contributed by atoms with van der Waals surface area (Å²) in [4.78, 5) is 21.5. The number of carboxylic acids is 2. The summed E-state index contributed by atoms with van der Waals surface area (Å²) >= 11 is 0. The molecule has 0 aromatic carbocycles. The molecule has 42 heavy (non-hydrogen) atoms. The number of unbranched alkanes of at least 4 members (excludes halogenated alkanes) is 17. The molecular formula is C38H68O4. The third-order valence-electron chi connectivity index (χ3n) is 9.47. The second-order valence-electron chi connectivity index (χ2n) is 13.2. The molecule has 1 rings (SSSR count). The van der Waals surface area contributed by atoms with Crippen molar-refractivity contribution in [2.45, 2.75) is 181 Å². The van der Waals surface area contributed by atoms with E-state index in [0.717, 1.165) is 44.4 Å². The van der Waals surface area contributed by atoms with Crippen LogP contribution in [-0.2, 0) is 9.59 Å². The van der Waals surface area contributed by atoms with E-state index in [2.05, 4.69) is 38.2 Å². The molecule has 0 bridgehead atoms. The molecule has 0 spiro atoms. The zero-order valence-electron chi connectivity index (χ0n) is 27.7. The lowest BCUT2D eigenvalue weighted by Gasteiger charge is -2.39. The van der Waals surface area contributed by atoms with Crippen molar-refractivity contribution in [1.82, 2.24) is 0 Å². The molecule has 4 atom stereocenters. The van der Waals surface area contributed by atoms with Crippen LogP contribution in [0.2, 0.25) is 0 Å². The van der Waals surface area contributed by atoms with Gasteiger partial charge in [-0.2, -0.15) is 0 Å². The molecule has 4 unspecified atom stereocenters. The van der Waals surface area contributed by atoms with Crippen LogP contribution in [0.15, 0.2) is 24.3 Å². The molecule has 0 amide bonds. The van der Waals surface area contributed by atoms with E-state index in [-0.39, 0.29) is 0 Å². The summed E-state index contributed by atoms with van der Waals surface area (Å²) in [6, 6.07) is 0. The first-order valence-corrected chi connectivity index (χ1v) is 18.3. The van der Waals surface area contributed by atoms with Gasteiger partial charge < -0.3 is 10.2 Å². The minimum absolute atomic E-state index is 0.311. The molecule has 4 heteroatoms. The van der Waals surface area contributed by atoms with Gasteiger partial charge in [0, 0.05) is 12.8 Å². The van der Waals surface area contributed by atoms with E-state index in [1.54, 1.807) is 0 Å². The Morgan fingerprint density at radius 2 is 0.976 bits per heavy atom. The van der Waals surface area contributed by atoms with Crippen molar-refractivity contribution in [3.05, 3.63) is 24.3 Å². The first kappa shape index (κ1) is 38.4. The Hall–Kier alpha value is -1.58. The van der Waals surface area contributed by atoms with Crippen molar-refractivity contribution < 1.29 is 19.8 Å². The fourth-order valence-corrected chi connectivity index (χ4v) is 6.93. The van der Waals surface area contributed by atoms with Crippen LogP contribution in [0.4, 0.5) is 0 Å². The van der Waals surface area contributed by atoms with Gasteiger partial charge in [-0.3, -0.25) is 9.59 Å². The molecule has 1 aliphatic carbocycles. The molecule has 0 radical (unpaired) electrons. The van der Waals surface area contributed by atoms with E-state index in [1.807, 2.05) is 0 Å². The van der Waals surface area contributed by atoms with Crippen LogP contribution in [0.5, 0.6) is 0 Å². The first-order chi connectivity index (χ1) is 20.5. The Balaban J connectivity index is 2.75. The fraction of sp³-hybridized carbons (Fsp3) is 0.842. The molecule has 0 aromatic rings. The molecule has 0 heterocycles. The van der Waals surface area contributed by atoms with Gasteiger partial charge in [0.05, 0.1) is 0 Å². The number of carboxylic acid groups (broad SMARTS) is 2. The summed E-state index contributed by atoms with van der Waals surface area (Å²) in [6.07, 6.45) is 40.4. The Kier molecular flexibility index (Phi) is 24.7. The van der Waals surface area contributed by atoms with E-state index in [1.165, 1.54) is 116 Å². The van der Waals surface area contributed by atoms with Crippen molar-refractivity contribution in [3.63, 3.8) is 0 Å². The van der Waals surface area contributed by atoms with Crippen molar-refractivity contribution in [2.75, 3.05) is 0 Å². The SMILES string of the molecule is CCCCCCC=CC1C(CCCCCCCCC(=O)O)C=CC(CCCCCC)C1CCCCCCCCC(=O)O. The Morgan fingerprint density at radius 1 is 0.548 bits per heavy atom. The predicted molar refractivity (Wildman–Crippen MR) is 179 cm³/mol. The zero-order chi connectivity index (χ0) is 30.7. The smallest absolute Gasteiger partial charge is 0.303 e. The van der Waals surface area contributed by atoms with Crippen molar-refractivity contribution in [2.24, 2.45) is 23.7 Å². The topological polar surface area (TPSA) is 74.6 Å². The molecular weight excluding hydrogens is 520 g/mol. The van der Waals surface area contributed by atoms with Gasteiger partial charge in [-0.05, 0) is 68.6 Å². The summed E-state index contributed by atoms with van der Waals surface area (Å²) in [5, 5.41) is 17.7. The maximum atomic E-state index is 10.8. The number of aliphatic carboxylic acids is 2. The van der Waals surface area contributed by atoms with E-state index in [0.29, 0.717) is 30.6 Å². The van der Waals surface area contributed by atoms with Crippen molar-refractivity contribution >= 4 is 11.9 Å². The molecule has 4 nitrogen and oxygen atoms in total. The average Bonchev–Trinajstić information content (AvgIpc) is 2.96. The minimum atomic E-state index is -0.669. The van der Waals surface area contributed by atoms with Crippen molar-refractivity contribution in [1.29, 1.82) is 0 Å². The Morgan fingerprint density at radius 3 is 1.52 bits per heavy atom. The van der Waals surface area contributed by atoms with Crippen molar-refractivity contribution in [3.8, 4) is 0 Å². The highest BCUT2D eigenvalue weighted by molar-refractivity contribution is 5.66. The van der Waals surface area contributed by atoms with Crippen LogP contribution in [0, 0.1) is 23.7 Å². The van der Waals surface area contributed by atoms with E-state index in [9.17, 15) is 9.59 Å². The number of allylic oxidation sites excluding steroid dienone is 4. The number of carbonyl (C=O) groups is 2. The van der Waals surface area contributed by atoms with Crippen LogP contribution >= 0.6 is 0 Å². The summed E-state index contributed by atoms with van der Waals surface area (Å²) in [6.45, 7) is 4.58. The summed E-state index contributed by atoms with van der Waals surface area (Å²) in [5.74, 6) is 1.42. The second-order valence-corrected chi connectivity index (χ2v) is 13.2. The van der Waals surface area contributed by atoms with Crippen LogP contribution in [0.3, 0.4) is 0 Å². The first-order valence-electron chi connectivity index (χ1n) is 18.3. The lowest BCUT2D eigenvalue weighted by atomic mass is 9.66. The predicted octanol–water partition coefficient (Wildman–Crippen LogP) is 11.9. The highest BCUT2D eigenvalue weighted by atomic mass is 16.4. The van der Waals surface area contributed by atoms with E-state index in [4.69, 9.17) is 10.2 Å². The van der Waals surface area contributed by atoms with Crippen LogP contribution in [0.25, 0.3) is 0 Å². The molecule has 0 saturated carbocycles. The molecule has 0 fully saturated rings. The van der Waals surface area contributed by atoms with Crippen LogP contribution in [0.1, 0.15) is 181 Å². The largest absolute Gasteiger partial charge is 0.481 e. The van der Waals surface area contributed by atoms with Crippen LogP contribution < -0.4 is 0 Å². The number of hydrogen-bond acceptors (Lipinski definition) is 2. The van der Waals surface area contributed by atoms with Gasteiger partial charge in [0.1, 0.15) is 0 Å². The Bertz CT molecular complexity index is 712. The molecule has 2 N–H and O–H groups in total. The summed E-state index contributed by atoms with van der Waals surface area (Å²) in [5.41, 5.74) is 0. The van der Waals surface area contributed by atoms with Gasteiger partial charge in [-0.15, -0.1) is 0 Å². The highest BCUT2D eigenvalue weighted by Gasteiger charge is 2.33. The molecule has 244 valence electrons. The molecule has 0 aromatic heterocycles. The maximum absolute atomic E-state index is 10.8. The molecule has 0 aliphatic heterocycles. The van der Waals surface area contributed by atoms with Gasteiger partial charge in [0.15, 0.2) is 0 Å². The standard InChI is InChI=1S/C38H68O4/c1-3-5-7-9-15-21-27-36-34(26-20-14-10-12-17-23-29-37(39)40)32-31-33(25-19-8-6-4-2)35(36)28-22-16-11-13-18-24-30-38(41)42/h21,27,31-36H,3-20,22-26,28-30H2,1-2H3,(H,39,40)(H,41,42). The van der Waals surface area contributed by atoms with Gasteiger partial charge in [0.25, 0.3) is 0 Å². The normalized spacial score (nSPS) is 20.4. The highest BCUT2D eigenvalue weighted by Crippen LogP contribution is 2.43. The second kappa shape index (κ2) is 27.0. The number of hydrogen-bond donors (Lipinski definition) is 2. The Labute approximate surface area is 260 Å². The fourth-order valence-electron chi connectivity index (χ4n) is 6.93. The lowest BCUT2D eigenvalue weighted by molar-refractivity contribution is -0.138. The van der Waals surface area contributed by atoms with Gasteiger partial charge in [-0.1, -0.05) is 147 Å². The third kappa shape index (κ3) is 20.3. The van der Waals surface area contributed by atoms with Gasteiger partial charge in [0.2, 0.25) is 0 Å². The molecule has 0 saturated heterocycles. The summed E-state index contributed by atoms with van der Waals surface area (Å²) < 4.78 is 0. The van der Waals surface area contributed by atoms with Gasteiger partial charge >= 0.3 is 11.9 Å². The quantitative estimate of drug-likeness (QED) is 0.0673. The zero-order valence-corrected chi connectivity index (χ0v) is 27.7. The monoisotopic (exact) mass is 589 g/mol. The number of rotatable bonds is 29. The lowest BCUT2D eigenvalue weighted by Crippen LogP contribution is -2.30. The van der Waals surface area contributed by atoms with E-state index < -0.39 is 11.9 Å². The summed E-state index contributed by atoms with van der Waals surface area (Å²) in [7, 11) is 0. The third-order valence-corrected chi connectivity index (χ3v) is 9.47. The molecule has 1 aliphatic rings. The minimum Gasteiger partial charge on any atom is -0.481 e. The average molecular weight is 589 g/mol. The van der Waals surface area contributed by atoms with Gasteiger partial charge in [-0.25, -0.2) is 0 Å².